The molecule has 0 spiro atoms. The zero-order valence-electron chi connectivity index (χ0n) is 11.3. The van der Waals surface area contributed by atoms with Crippen LogP contribution < -0.4 is 11.1 Å². The Balaban J connectivity index is 4.30. The predicted octanol–water partition coefficient (Wildman–Crippen LogP) is -0.116. The van der Waals surface area contributed by atoms with Gasteiger partial charge >= 0.3 is 11.9 Å². The number of esters is 1. The van der Waals surface area contributed by atoms with E-state index in [0.717, 1.165) is 6.42 Å². The summed E-state index contributed by atoms with van der Waals surface area (Å²) in [6.45, 7) is 2.29. The van der Waals surface area contributed by atoms with Crippen LogP contribution in [0.1, 0.15) is 32.6 Å². The highest BCUT2D eigenvalue weighted by molar-refractivity contribution is 5.84. The third-order valence-electron chi connectivity index (χ3n) is 2.88. The molecule has 0 rings (SSSR count). The lowest BCUT2D eigenvalue weighted by Gasteiger charge is -2.16. The summed E-state index contributed by atoms with van der Waals surface area (Å²) in [4.78, 5) is 33.6. The maximum absolute atomic E-state index is 11.7. The standard InChI is InChI=1S/C12H22N2O5/c1-3-8(7-13)6-10(15)14-9(12(17)18)4-5-11(16)19-2/h8-9H,3-7,13H2,1-2H3,(H,14,15)(H,17,18)/t8?,9-/m1/s1. The summed E-state index contributed by atoms with van der Waals surface area (Å²) >= 11 is 0. The van der Waals surface area contributed by atoms with Gasteiger partial charge < -0.3 is 20.9 Å². The van der Waals surface area contributed by atoms with Crippen molar-refractivity contribution in [3.63, 3.8) is 0 Å². The van der Waals surface area contributed by atoms with Crippen LogP contribution in [0.5, 0.6) is 0 Å². The molecule has 7 nitrogen and oxygen atoms in total. The van der Waals surface area contributed by atoms with E-state index < -0.39 is 18.0 Å². The molecule has 0 aromatic rings. The van der Waals surface area contributed by atoms with E-state index in [0.29, 0.717) is 6.54 Å². The highest BCUT2D eigenvalue weighted by Gasteiger charge is 2.22. The summed E-state index contributed by atoms with van der Waals surface area (Å²) < 4.78 is 4.42. The van der Waals surface area contributed by atoms with Crippen LogP contribution in [0.2, 0.25) is 0 Å². The maximum Gasteiger partial charge on any atom is 0.326 e. The molecule has 0 aromatic carbocycles. The topological polar surface area (TPSA) is 119 Å². The second-order valence-electron chi connectivity index (χ2n) is 4.29. The van der Waals surface area contributed by atoms with E-state index in [1.807, 2.05) is 6.92 Å². The molecule has 0 radical (unpaired) electrons. The summed E-state index contributed by atoms with van der Waals surface area (Å²) in [7, 11) is 1.23. The molecule has 0 aliphatic rings. The number of carboxylic acid groups (broad SMARTS) is 1. The fourth-order valence-electron chi connectivity index (χ4n) is 1.53. The molecule has 0 bridgehead atoms. The molecule has 0 fully saturated rings. The van der Waals surface area contributed by atoms with Crippen LogP contribution in [0, 0.1) is 5.92 Å². The molecule has 19 heavy (non-hydrogen) atoms. The third kappa shape index (κ3) is 7.40. The largest absolute Gasteiger partial charge is 0.480 e. The SMILES string of the molecule is CCC(CN)CC(=O)N[C@H](CCC(=O)OC)C(=O)O. The van der Waals surface area contributed by atoms with Gasteiger partial charge in [0.15, 0.2) is 0 Å². The number of hydrogen-bond donors (Lipinski definition) is 3. The summed E-state index contributed by atoms with van der Waals surface area (Å²) in [5.41, 5.74) is 5.48. The average Bonchev–Trinajstić information content (AvgIpc) is 2.39. The Bertz CT molecular complexity index is 315. The molecular formula is C12H22N2O5. The quantitative estimate of drug-likeness (QED) is 0.504. The van der Waals surface area contributed by atoms with E-state index >= 15 is 0 Å². The van der Waals surface area contributed by atoms with E-state index in [9.17, 15) is 14.4 Å². The minimum absolute atomic E-state index is 0.00711. The molecule has 0 saturated heterocycles. The van der Waals surface area contributed by atoms with Crippen LogP contribution in [-0.2, 0) is 19.1 Å². The third-order valence-corrected chi connectivity index (χ3v) is 2.88. The Morgan fingerprint density at radius 1 is 1.37 bits per heavy atom. The van der Waals surface area contributed by atoms with Crippen molar-refractivity contribution in [2.75, 3.05) is 13.7 Å². The molecule has 1 amide bonds. The first-order valence-corrected chi connectivity index (χ1v) is 6.23. The van der Waals surface area contributed by atoms with Gasteiger partial charge in [-0.05, 0) is 18.9 Å². The number of rotatable bonds is 9. The highest BCUT2D eigenvalue weighted by Crippen LogP contribution is 2.07. The van der Waals surface area contributed by atoms with Gasteiger partial charge in [-0.3, -0.25) is 9.59 Å². The van der Waals surface area contributed by atoms with Crippen molar-refractivity contribution in [1.82, 2.24) is 5.32 Å². The van der Waals surface area contributed by atoms with Crippen molar-refractivity contribution in [2.45, 2.75) is 38.6 Å². The molecule has 0 saturated carbocycles. The van der Waals surface area contributed by atoms with E-state index in [1.165, 1.54) is 7.11 Å². The van der Waals surface area contributed by atoms with Crippen LogP contribution in [-0.4, -0.2) is 42.6 Å². The van der Waals surface area contributed by atoms with E-state index in [1.54, 1.807) is 0 Å². The van der Waals surface area contributed by atoms with Crippen molar-refractivity contribution < 1.29 is 24.2 Å². The lowest BCUT2D eigenvalue weighted by Crippen LogP contribution is -2.42. The number of methoxy groups -OCH3 is 1. The Kier molecular flexibility index (Phi) is 8.52. The normalized spacial score (nSPS) is 13.4. The van der Waals surface area contributed by atoms with Crippen molar-refractivity contribution in [1.29, 1.82) is 0 Å². The first-order valence-electron chi connectivity index (χ1n) is 6.23. The maximum atomic E-state index is 11.7. The van der Waals surface area contributed by atoms with Gasteiger partial charge in [0.1, 0.15) is 6.04 Å². The van der Waals surface area contributed by atoms with Crippen LogP contribution in [0.3, 0.4) is 0 Å². The summed E-state index contributed by atoms with van der Waals surface area (Å²) in [5.74, 6) is -2.00. The molecule has 110 valence electrons. The van der Waals surface area contributed by atoms with Crippen LogP contribution in [0.25, 0.3) is 0 Å². The Labute approximate surface area is 112 Å². The molecule has 2 atom stereocenters. The van der Waals surface area contributed by atoms with Gasteiger partial charge in [-0.15, -0.1) is 0 Å². The van der Waals surface area contributed by atoms with Gasteiger partial charge in [0.25, 0.3) is 0 Å². The number of carbonyl (C=O) groups is 3. The molecule has 4 N–H and O–H groups in total. The second-order valence-corrected chi connectivity index (χ2v) is 4.29. The summed E-state index contributed by atoms with van der Waals surface area (Å²) in [6.07, 6.45) is 0.897. The van der Waals surface area contributed by atoms with Gasteiger partial charge in [-0.25, -0.2) is 4.79 Å². The lowest BCUT2D eigenvalue weighted by atomic mass is 10.0. The minimum atomic E-state index is -1.17. The summed E-state index contributed by atoms with van der Waals surface area (Å²) in [6, 6.07) is -1.08. The average molecular weight is 274 g/mol. The Morgan fingerprint density at radius 3 is 2.42 bits per heavy atom. The Hall–Kier alpha value is -1.63. The number of aliphatic carboxylic acids is 1. The number of carbonyl (C=O) groups excluding carboxylic acids is 2. The molecular weight excluding hydrogens is 252 g/mol. The monoisotopic (exact) mass is 274 g/mol. The molecule has 0 aromatic heterocycles. The number of nitrogens with two attached hydrogens (primary N) is 1. The Morgan fingerprint density at radius 2 is 2.00 bits per heavy atom. The molecule has 1 unspecified atom stereocenters. The van der Waals surface area contributed by atoms with Crippen molar-refractivity contribution >= 4 is 17.8 Å². The fourth-order valence-corrected chi connectivity index (χ4v) is 1.53. The van der Waals surface area contributed by atoms with E-state index in [-0.39, 0.29) is 31.1 Å². The van der Waals surface area contributed by atoms with Gasteiger partial charge in [-0.2, -0.15) is 0 Å². The van der Waals surface area contributed by atoms with Crippen molar-refractivity contribution in [3.05, 3.63) is 0 Å². The van der Waals surface area contributed by atoms with Crippen LogP contribution in [0.15, 0.2) is 0 Å². The lowest BCUT2D eigenvalue weighted by molar-refractivity contribution is -0.144. The molecule has 7 heteroatoms. The zero-order chi connectivity index (χ0) is 14.8. The minimum Gasteiger partial charge on any atom is -0.480 e. The van der Waals surface area contributed by atoms with Gasteiger partial charge in [0, 0.05) is 12.8 Å². The highest BCUT2D eigenvalue weighted by atomic mass is 16.5. The molecule has 0 heterocycles. The first kappa shape index (κ1) is 17.4. The number of hydrogen-bond acceptors (Lipinski definition) is 5. The van der Waals surface area contributed by atoms with Crippen molar-refractivity contribution in [2.24, 2.45) is 11.7 Å². The smallest absolute Gasteiger partial charge is 0.326 e. The van der Waals surface area contributed by atoms with Crippen LogP contribution >= 0.6 is 0 Å². The predicted molar refractivity (Wildman–Crippen MR) is 68.3 cm³/mol. The molecule has 0 aliphatic carbocycles. The van der Waals surface area contributed by atoms with Crippen LogP contribution in [0.4, 0.5) is 0 Å². The zero-order valence-corrected chi connectivity index (χ0v) is 11.3. The van der Waals surface area contributed by atoms with E-state index in [2.05, 4.69) is 10.1 Å². The van der Waals surface area contributed by atoms with Gasteiger partial charge in [0.2, 0.25) is 5.91 Å². The van der Waals surface area contributed by atoms with Gasteiger partial charge in [0.05, 0.1) is 7.11 Å². The first-order chi connectivity index (χ1) is 8.94. The number of ether oxygens (including phenoxy) is 1. The number of carboxylic acids is 1. The second kappa shape index (κ2) is 9.32. The fraction of sp³-hybridized carbons (Fsp3) is 0.750. The molecule has 0 aliphatic heterocycles. The van der Waals surface area contributed by atoms with Crippen molar-refractivity contribution in [3.8, 4) is 0 Å². The van der Waals surface area contributed by atoms with E-state index in [4.69, 9.17) is 10.8 Å². The summed E-state index contributed by atoms with van der Waals surface area (Å²) in [5, 5.41) is 11.4. The van der Waals surface area contributed by atoms with Gasteiger partial charge in [-0.1, -0.05) is 13.3 Å². The number of amides is 1. The number of nitrogens with one attached hydrogen (secondary N) is 1.